The molecule has 0 saturated carbocycles. The number of hydrogen-bond donors (Lipinski definition) is 1. The Morgan fingerprint density at radius 1 is 1.47 bits per heavy atom. The van der Waals surface area contributed by atoms with Crippen molar-refractivity contribution < 1.29 is 14.3 Å². The lowest BCUT2D eigenvalue weighted by molar-refractivity contribution is 0.0595. The third-order valence-electron chi connectivity index (χ3n) is 2.56. The first-order valence-electron chi connectivity index (χ1n) is 5.68. The number of aromatic nitrogens is 2. The zero-order valence-electron chi connectivity index (χ0n) is 10.8. The molecule has 2 aromatic rings. The van der Waals surface area contributed by atoms with Gasteiger partial charge in [-0.25, -0.2) is 4.79 Å². The molecular weight excluding hydrogens is 246 g/mol. The van der Waals surface area contributed by atoms with E-state index < -0.39 is 5.97 Å². The largest absolute Gasteiger partial charge is 0.488 e. The number of hydrogen-bond acceptors (Lipinski definition) is 5. The molecule has 0 radical (unpaired) electrons. The summed E-state index contributed by atoms with van der Waals surface area (Å²) in [5, 5.41) is 4.04. The summed E-state index contributed by atoms with van der Waals surface area (Å²) >= 11 is 0. The van der Waals surface area contributed by atoms with Crippen LogP contribution in [0.4, 0.5) is 5.69 Å². The molecule has 0 atom stereocenters. The molecule has 0 aliphatic heterocycles. The number of nitrogen functional groups attached to an aromatic ring is 1. The lowest BCUT2D eigenvalue weighted by Gasteiger charge is -2.10. The van der Waals surface area contributed by atoms with E-state index in [4.69, 9.17) is 15.2 Å². The summed E-state index contributed by atoms with van der Waals surface area (Å²) in [6.07, 6.45) is 3.54. The van der Waals surface area contributed by atoms with Crippen LogP contribution in [0.25, 0.3) is 0 Å². The number of aryl methyl sites for hydroxylation is 1. The van der Waals surface area contributed by atoms with E-state index in [1.165, 1.54) is 7.11 Å². The minimum absolute atomic E-state index is 0.307. The molecular formula is C13H15N3O3. The van der Waals surface area contributed by atoms with Crippen molar-refractivity contribution in [2.45, 2.75) is 6.61 Å². The Morgan fingerprint density at radius 2 is 2.26 bits per heavy atom. The summed E-state index contributed by atoms with van der Waals surface area (Å²) in [6.45, 7) is 0.307. The van der Waals surface area contributed by atoms with Crippen molar-refractivity contribution in [2.75, 3.05) is 12.8 Å². The Hall–Kier alpha value is -2.50. The van der Waals surface area contributed by atoms with Crippen LogP contribution in [0.5, 0.6) is 5.75 Å². The molecule has 2 rings (SSSR count). The summed E-state index contributed by atoms with van der Waals surface area (Å²) in [5.74, 6) is -0.0584. The van der Waals surface area contributed by atoms with Gasteiger partial charge in [0.15, 0.2) is 0 Å². The van der Waals surface area contributed by atoms with Gasteiger partial charge in [0.2, 0.25) is 0 Å². The lowest BCUT2D eigenvalue weighted by atomic mass is 10.2. The van der Waals surface area contributed by atoms with Crippen LogP contribution < -0.4 is 10.5 Å². The highest BCUT2D eigenvalue weighted by atomic mass is 16.5. The number of nitrogens with zero attached hydrogens (tertiary/aromatic N) is 2. The molecule has 0 unspecified atom stereocenters. The predicted molar refractivity (Wildman–Crippen MR) is 69.7 cm³/mol. The van der Waals surface area contributed by atoms with Gasteiger partial charge in [0, 0.05) is 30.6 Å². The molecule has 100 valence electrons. The van der Waals surface area contributed by atoms with E-state index >= 15 is 0 Å². The smallest absolute Gasteiger partial charge is 0.341 e. The summed E-state index contributed by atoms with van der Waals surface area (Å²) in [4.78, 5) is 11.6. The van der Waals surface area contributed by atoms with Crippen molar-refractivity contribution in [2.24, 2.45) is 7.05 Å². The van der Waals surface area contributed by atoms with Crippen LogP contribution in [0.2, 0.25) is 0 Å². The van der Waals surface area contributed by atoms with E-state index in [0.29, 0.717) is 23.6 Å². The van der Waals surface area contributed by atoms with E-state index in [2.05, 4.69) is 5.10 Å². The van der Waals surface area contributed by atoms with Crippen LogP contribution in [0.15, 0.2) is 30.6 Å². The van der Waals surface area contributed by atoms with Crippen molar-refractivity contribution in [3.05, 3.63) is 41.7 Å². The molecule has 0 aliphatic rings. The highest BCUT2D eigenvalue weighted by Gasteiger charge is 2.13. The molecule has 2 N–H and O–H groups in total. The summed E-state index contributed by atoms with van der Waals surface area (Å²) in [7, 11) is 3.15. The number of carbonyl (C=O) groups is 1. The maximum Gasteiger partial charge on any atom is 0.341 e. The average molecular weight is 261 g/mol. The topological polar surface area (TPSA) is 79.4 Å². The number of nitrogens with two attached hydrogens (primary N) is 1. The van der Waals surface area contributed by atoms with Crippen LogP contribution in [-0.2, 0) is 18.4 Å². The quantitative estimate of drug-likeness (QED) is 0.664. The molecule has 0 bridgehead atoms. The lowest BCUT2D eigenvalue weighted by Crippen LogP contribution is -2.06. The highest BCUT2D eigenvalue weighted by molar-refractivity contribution is 5.93. The van der Waals surface area contributed by atoms with Crippen molar-refractivity contribution in [3.8, 4) is 5.75 Å². The van der Waals surface area contributed by atoms with Crippen molar-refractivity contribution in [3.63, 3.8) is 0 Å². The number of carbonyl (C=O) groups excluding carboxylic acids is 1. The summed E-state index contributed by atoms with van der Waals surface area (Å²) in [5.41, 5.74) is 7.47. The number of methoxy groups -OCH3 is 1. The van der Waals surface area contributed by atoms with E-state index in [-0.39, 0.29) is 0 Å². The molecule has 6 nitrogen and oxygen atoms in total. The average Bonchev–Trinajstić information content (AvgIpc) is 2.81. The minimum atomic E-state index is -0.457. The SMILES string of the molecule is COC(=O)c1ccc(N)cc1OCc1cnn(C)c1. The molecule has 1 heterocycles. The number of anilines is 1. The Bertz CT molecular complexity index is 593. The van der Waals surface area contributed by atoms with Crippen molar-refractivity contribution >= 4 is 11.7 Å². The third-order valence-corrected chi connectivity index (χ3v) is 2.56. The first kappa shape index (κ1) is 12.9. The van der Waals surface area contributed by atoms with E-state index in [0.717, 1.165) is 5.56 Å². The molecule has 0 spiro atoms. The molecule has 1 aromatic carbocycles. The molecule has 6 heteroatoms. The van der Waals surface area contributed by atoms with Gasteiger partial charge in [0.25, 0.3) is 0 Å². The Kier molecular flexibility index (Phi) is 3.70. The third kappa shape index (κ3) is 3.04. The van der Waals surface area contributed by atoms with E-state index in [1.807, 2.05) is 13.2 Å². The molecule has 1 aromatic heterocycles. The van der Waals surface area contributed by atoms with Crippen LogP contribution in [-0.4, -0.2) is 22.9 Å². The van der Waals surface area contributed by atoms with Gasteiger partial charge in [-0.05, 0) is 12.1 Å². The van der Waals surface area contributed by atoms with Gasteiger partial charge < -0.3 is 15.2 Å². The summed E-state index contributed by atoms with van der Waals surface area (Å²) in [6, 6.07) is 4.81. The standard InChI is InChI=1S/C13H15N3O3/c1-16-7-9(6-15-16)8-19-12-5-10(14)3-4-11(12)13(17)18-2/h3-7H,8,14H2,1-2H3. The second kappa shape index (κ2) is 5.43. The van der Waals surface area contributed by atoms with Gasteiger partial charge in [0.05, 0.1) is 13.3 Å². The van der Waals surface area contributed by atoms with Crippen LogP contribution in [0.3, 0.4) is 0 Å². The second-order valence-electron chi connectivity index (χ2n) is 4.06. The Morgan fingerprint density at radius 3 is 2.89 bits per heavy atom. The maximum atomic E-state index is 11.6. The van der Waals surface area contributed by atoms with E-state index in [1.54, 1.807) is 29.1 Å². The highest BCUT2D eigenvalue weighted by Crippen LogP contribution is 2.23. The van der Waals surface area contributed by atoms with Gasteiger partial charge in [-0.2, -0.15) is 5.10 Å². The molecule has 0 amide bonds. The summed E-state index contributed by atoms with van der Waals surface area (Å²) < 4.78 is 12.0. The van der Waals surface area contributed by atoms with Gasteiger partial charge in [-0.15, -0.1) is 0 Å². The van der Waals surface area contributed by atoms with Gasteiger partial charge in [-0.3, -0.25) is 4.68 Å². The normalized spacial score (nSPS) is 10.2. The van der Waals surface area contributed by atoms with Crippen LogP contribution >= 0.6 is 0 Å². The monoisotopic (exact) mass is 261 g/mol. The van der Waals surface area contributed by atoms with Crippen molar-refractivity contribution in [1.29, 1.82) is 0 Å². The minimum Gasteiger partial charge on any atom is -0.488 e. The fourth-order valence-electron chi connectivity index (χ4n) is 1.64. The van der Waals surface area contributed by atoms with Crippen molar-refractivity contribution in [1.82, 2.24) is 9.78 Å². The van der Waals surface area contributed by atoms with Crippen LogP contribution in [0, 0.1) is 0 Å². The van der Waals surface area contributed by atoms with Crippen LogP contribution in [0.1, 0.15) is 15.9 Å². The Balaban J connectivity index is 2.18. The molecule has 19 heavy (non-hydrogen) atoms. The zero-order chi connectivity index (χ0) is 13.8. The zero-order valence-corrected chi connectivity index (χ0v) is 10.8. The first-order chi connectivity index (χ1) is 9.10. The molecule has 0 saturated heterocycles. The number of ether oxygens (including phenoxy) is 2. The number of esters is 1. The second-order valence-corrected chi connectivity index (χ2v) is 4.06. The van der Waals surface area contributed by atoms with E-state index in [9.17, 15) is 4.79 Å². The van der Waals surface area contributed by atoms with Gasteiger partial charge in [-0.1, -0.05) is 0 Å². The fourth-order valence-corrected chi connectivity index (χ4v) is 1.64. The molecule has 0 aliphatic carbocycles. The van der Waals surface area contributed by atoms with Gasteiger partial charge in [0.1, 0.15) is 17.9 Å². The Labute approximate surface area is 110 Å². The van der Waals surface area contributed by atoms with Gasteiger partial charge >= 0.3 is 5.97 Å². The number of rotatable bonds is 4. The maximum absolute atomic E-state index is 11.6. The first-order valence-corrected chi connectivity index (χ1v) is 5.68. The number of benzene rings is 1. The fraction of sp³-hybridized carbons (Fsp3) is 0.231. The predicted octanol–water partition coefficient (Wildman–Crippen LogP) is 1.37. The molecule has 0 fully saturated rings.